The first-order valence-corrected chi connectivity index (χ1v) is 5.93. The van der Waals surface area contributed by atoms with E-state index in [1.54, 1.807) is 29.2 Å². The third-order valence-corrected chi connectivity index (χ3v) is 2.79. The number of benzene rings is 1. The third-order valence-electron chi connectivity index (χ3n) is 2.79. The number of nitrogens with zero attached hydrogens (tertiary/aromatic N) is 1. The molecule has 0 aliphatic carbocycles. The van der Waals surface area contributed by atoms with Crippen molar-refractivity contribution in [3.05, 3.63) is 53.7 Å². The van der Waals surface area contributed by atoms with Crippen LogP contribution in [0.2, 0.25) is 0 Å². The second-order valence-electron chi connectivity index (χ2n) is 4.04. The molecule has 0 unspecified atom stereocenters. The minimum absolute atomic E-state index is 0.111. The lowest BCUT2D eigenvalue weighted by Gasteiger charge is -2.22. The van der Waals surface area contributed by atoms with E-state index in [1.165, 1.54) is 12.1 Å². The maximum Gasteiger partial charge on any atom is 0.371 e. The van der Waals surface area contributed by atoms with Crippen molar-refractivity contribution in [3.63, 3.8) is 0 Å². The lowest BCUT2D eigenvalue weighted by atomic mass is 10.2. The molecule has 0 spiro atoms. The smallest absolute Gasteiger partial charge is 0.371 e. The van der Waals surface area contributed by atoms with E-state index in [9.17, 15) is 9.18 Å². The van der Waals surface area contributed by atoms with Crippen LogP contribution in [0, 0.1) is 5.82 Å². The van der Waals surface area contributed by atoms with Gasteiger partial charge in [-0.05, 0) is 31.2 Å². The number of rotatable bonds is 5. The van der Waals surface area contributed by atoms with Crippen LogP contribution in [0.1, 0.15) is 23.2 Å². The van der Waals surface area contributed by atoms with Crippen molar-refractivity contribution in [2.75, 3.05) is 11.4 Å². The highest BCUT2D eigenvalue weighted by molar-refractivity contribution is 5.84. The predicted octanol–water partition coefficient (Wildman–Crippen LogP) is 3.14. The Morgan fingerprint density at radius 3 is 2.63 bits per heavy atom. The standard InChI is InChI=1S/C14H14FNO3/c1-2-16(12-6-4-3-5-11(12)15)9-10-7-8-13(19-10)14(17)18/h3-8H,2,9H2,1H3,(H,17,18). The van der Waals surface area contributed by atoms with Crippen LogP contribution >= 0.6 is 0 Å². The van der Waals surface area contributed by atoms with Gasteiger partial charge in [0, 0.05) is 6.54 Å². The Morgan fingerprint density at radius 2 is 2.05 bits per heavy atom. The fraction of sp³-hybridized carbons (Fsp3) is 0.214. The molecule has 0 radical (unpaired) electrons. The van der Waals surface area contributed by atoms with Crippen molar-refractivity contribution in [2.45, 2.75) is 13.5 Å². The van der Waals surface area contributed by atoms with Crippen molar-refractivity contribution in [1.29, 1.82) is 0 Å². The molecular formula is C14H14FNO3. The second-order valence-corrected chi connectivity index (χ2v) is 4.04. The summed E-state index contributed by atoms with van der Waals surface area (Å²) >= 11 is 0. The first kappa shape index (κ1) is 13.1. The first-order valence-electron chi connectivity index (χ1n) is 5.93. The molecule has 5 heteroatoms. The molecule has 0 bridgehead atoms. The Hall–Kier alpha value is -2.30. The summed E-state index contributed by atoms with van der Waals surface area (Å²) in [6.07, 6.45) is 0. The van der Waals surface area contributed by atoms with E-state index in [0.29, 0.717) is 24.5 Å². The Morgan fingerprint density at radius 1 is 1.32 bits per heavy atom. The molecule has 100 valence electrons. The van der Waals surface area contributed by atoms with Crippen LogP contribution in [0.4, 0.5) is 10.1 Å². The average molecular weight is 263 g/mol. The van der Waals surface area contributed by atoms with Crippen molar-refractivity contribution in [1.82, 2.24) is 0 Å². The fourth-order valence-electron chi connectivity index (χ4n) is 1.84. The number of hydrogen-bond donors (Lipinski definition) is 1. The SMILES string of the molecule is CCN(Cc1ccc(C(=O)O)o1)c1ccccc1F. The van der Waals surface area contributed by atoms with Crippen LogP contribution < -0.4 is 4.90 Å². The summed E-state index contributed by atoms with van der Waals surface area (Å²) in [5, 5.41) is 8.78. The Kier molecular flexibility index (Phi) is 3.85. The summed E-state index contributed by atoms with van der Waals surface area (Å²) in [5.41, 5.74) is 0.471. The molecule has 0 aliphatic heterocycles. The summed E-state index contributed by atoms with van der Waals surface area (Å²) in [5.74, 6) is -1.04. The van der Waals surface area contributed by atoms with Gasteiger partial charge >= 0.3 is 5.97 Å². The van der Waals surface area contributed by atoms with E-state index in [2.05, 4.69) is 0 Å². The number of carbonyl (C=O) groups is 1. The van der Waals surface area contributed by atoms with Gasteiger partial charge in [-0.2, -0.15) is 0 Å². The molecule has 4 nitrogen and oxygen atoms in total. The molecule has 1 heterocycles. The van der Waals surface area contributed by atoms with Gasteiger partial charge < -0.3 is 14.4 Å². The summed E-state index contributed by atoms with van der Waals surface area (Å²) in [4.78, 5) is 12.5. The van der Waals surface area contributed by atoms with E-state index in [-0.39, 0.29) is 11.6 Å². The monoisotopic (exact) mass is 263 g/mol. The number of aromatic carboxylic acids is 1. The molecule has 0 saturated heterocycles. The zero-order valence-corrected chi connectivity index (χ0v) is 10.5. The van der Waals surface area contributed by atoms with E-state index < -0.39 is 5.97 Å². The maximum atomic E-state index is 13.7. The first-order chi connectivity index (χ1) is 9.11. The second kappa shape index (κ2) is 5.56. The quantitative estimate of drug-likeness (QED) is 0.900. The van der Waals surface area contributed by atoms with Gasteiger partial charge in [0.25, 0.3) is 0 Å². The van der Waals surface area contributed by atoms with Gasteiger partial charge in [0.15, 0.2) is 0 Å². The van der Waals surface area contributed by atoms with Gasteiger partial charge in [0.2, 0.25) is 5.76 Å². The maximum absolute atomic E-state index is 13.7. The summed E-state index contributed by atoms with van der Waals surface area (Å²) in [7, 11) is 0. The van der Waals surface area contributed by atoms with Gasteiger partial charge in [-0.3, -0.25) is 0 Å². The average Bonchev–Trinajstić information content (AvgIpc) is 2.86. The fourth-order valence-corrected chi connectivity index (χ4v) is 1.84. The van der Waals surface area contributed by atoms with Gasteiger partial charge in [-0.1, -0.05) is 12.1 Å². The van der Waals surface area contributed by atoms with Crippen molar-refractivity contribution >= 4 is 11.7 Å². The van der Waals surface area contributed by atoms with E-state index >= 15 is 0 Å². The van der Waals surface area contributed by atoms with E-state index in [4.69, 9.17) is 9.52 Å². The topological polar surface area (TPSA) is 53.7 Å². The molecular weight excluding hydrogens is 249 g/mol. The number of hydrogen-bond acceptors (Lipinski definition) is 3. The highest BCUT2D eigenvalue weighted by Gasteiger charge is 2.14. The van der Waals surface area contributed by atoms with Crippen molar-refractivity contribution in [3.8, 4) is 0 Å². The zero-order chi connectivity index (χ0) is 13.8. The number of furan rings is 1. The van der Waals surface area contributed by atoms with Crippen LogP contribution in [0.15, 0.2) is 40.8 Å². The third kappa shape index (κ3) is 2.93. The van der Waals surface area contributed by atoms with Crippen LogP contribution in [0.5, 0.6) is 0 Å². The lowest BCUT2D eigenvalue weighted by Crippen LogP contribution is -2.22. The van der Waals surface area contributed by atoms with Gasteiger partial charge in [0.1, 0.15) is 11.6 Å². The molecule has 0 amide bonds. The van der Waals surface area contributed by atoms with Gasteiger partial charge in [0.05, 0.1) is 12.2 Å². The number of para-hydroxylation sites is 1. The van der Waals surface area contributed by atoms with Crippen LogP contribution in [0.25, 0.3) is 0 Å². The minimum Gasteiger partial charge on any atom is -0.475 e. The van der Waals surface area contributed by atoms with E-state index in [0.717, 1.165) is 0 Å². The van der Waals surface area contributed by atoms with E-state index in [1.807, 2.05) is 6.92 Å². The molecule has 1 aromatic heterocycles. The predicted molar refractivity (Wildman–Crippen MR) is 68.8 cm³/mol. The number of halogens is 1. The Labute approximate surface area is 110 Å². The van der Waals surface area contributed by atoms with Crippen molar-refractivity contribution < 1.29 is 18.7 Å². The van der Waals surface area contributed by atoms with Crippen molar-refractivity contribution in [2.24, 2.45) is 0 Å². The molecule has 0 aliphatic rings. The molecule has 1 aromatic carbocycles. The Balaban J connectivity index is 2.19. The molecule has 0 atom stereocenters. The molecule has 2 rings (SSSR count). The van der Waals surface area contributed by atoms with Crippen LogP contribution in [-0.2, 0) is 6.54 Å². The molecule has 19 heavy (non-hydrogen) atoms. The molecule has 0 fully saturated rings. The summed E-state index contributed by atoms with van der Waals surface area (Å²) < 4.78 is 18.9. The highest BCUT2D eigenvalue weighted by Crippen LogP contribution is 2.21. The van der Waals surface area contributed by atoms with Crippen LogP contribution in [0.3, 0.4) is 0 Å². The number of carboxylic acids is 1. The largest absolute Gasteiger partial charge is 0.475 e. The number of carboxylic acid groups (broad SMARTS) is 1. The lowest BCUT2D eigenvalue weighted by molar-refractivity contribution is 0.0660. The summed E-state index contributed by atoms with van der Waals surface area (Å²) in [6.45, 7) is 2.81. The molecule has 1 N–H and O–H groups in total. The summed E-state index contributed by atoms with van der Waals surface area (Å²) in [6, 6.07) is 9.44. The Bertz CT molecular complexity index is 580. The van der Waals surface area contributed by atoms with Gasteiger partial charge in [-0.15, -0.1) is 0 Å². The van der Waals surface area contributed by atoms with Gasteiger partial charge in [-0.25, -0.2) is 9.18 Å². The normalized spacial score (nSPS) is 10.4. The minimum atomic E-state index is -1.11. The molecule has 0 saturated carbocycles. The zero-order valence-electron chi connectivity index (χ0n) is 10.5. The highest BCUT2D eigenvalue weighted by atomic mass is 19.1. The molecule has 2 aromatic rings. The van der Waals surface area contributed by atoms with Crippen LogP contribution in [-0.4, -0.2) is 17.6 Å². The number of anilines is 1.